The first-order valence-corrected chi connectivity index (χ1v) is 10.2. The molecule has 1 fully saturated rings. The summed E-state index contributed by atoms with van der Waals surface area (Å²) < 4.78 is 17.6. The SMILES string of the molecule is CC(C)(C)OC(=O)NCC(=Cc1ccc2c(c1)C(=O)C(=O)N2)B1OC(C)(C)C(C)(C)O1. The molecule has 2 aliphatic rings. The molecular weight excluding hydrogens is 399 g/mol. The average Bonchev–Trinajstić information content (AvgIpc) is 3.02. The van der Waals surface area contributed by atoms with Crippen LogP contribution in [0.3, 0.4) is 0 Å². The van der Waals surface area contributed by atoms with Crippen molar-refractivity contribution < 1.29 is 28.4 Å². The van der Waals surface area contributed by atoms with E-state index < -0.39 is 41.7 Å². The van der Waals surface area contributed by atoms with Crippen LogP contribution in [-0.4, -0.2) is 48.2 Å². The highest BCUT2D eigenvalue weighted by molar-refractivity contribution is 6.56. The third kappa shape index (κ3) is 4.99. The molecule has 2 aliphatic heterocycles. The Bertz CT molecular complexity index is 945. The van der Waals surface area contributed by atoms with Gasteiger partial charge in [0.2, 0.25) is 0 Å². The predicted octanol–water partition coefficient (Wildman–Crippen LogP) is 3.36. The first-order valence-electron chi connectivity index (χ1n) is 10.2. The summed E-state index contributed by atoms with van der Waals surface area (Å²) >= 11 is 0. The highest BCUT2D eigenvalue weighted by atomic mass is 16.7. The number of hydrogen-bond donors (Lipinski definition) is 2. The van der Waals surface area contributed by atoms with Crippen molar-refractivity contribution in [3.63, 3.8) is 0 Å². The molecule has 0 bridgehead atoms. The molecule has 2 heterocycles. The van der Waals surface area contributed by atoms with Crippen molar-refractivity contribution in [3.05, 3.63) is 34.8 Å². The molecule has 1 aromatic carbocycles. The molecule has 31 heavy (non-hydrogen) atoms. The molecule has 0 radical (unpaired) electrons. The number of nitrogens with one attached hydrogen (secondary N) is 2. The summed E-state index contributed by atoms with van der Waals surface area (Å²) in [6.07, 6.45) is 1.23. The Balaban J connectivity index is 1.89. The highest BCUT2D eigenvalue weighted by Gasteiger charge is 2.52. The number of alkyl carbamates (subject to hydrolysis) is 1. The van der Waals surface area contributed by atoms with Gasteiger partial charge in [0.1, 0.15) is 5.60 Å². The normalized spacial score (nSPS) is 19.8. The molecule has 3 rings (SSSR count). The molecule has 2 amide bonds. The van der Waals surface area contributed by atoms with Crippen LogP contribution in [0.25, 0.3) is 6.08 Å². The molecule has 166 valence electrons. The van der Waals surface area contributed by atoms with Crippen molar-refractivity contribution in [1.82, 2.24) is 5.32 Å². The second-order valence-corrected chi connectivity index (χ2v) is 9.75. The predicted molar refractivity (Wildman–Crippen MR) is 118 cm³/mol. The number of benzene rings is 1. The molecule has 0 aliphatic carbocycles. The topological polar surface area (TPSA) is 103 Å². The zero-order valence-electron chi connectivity index (χ0n) is 19.0. The van der Waals surface area contributed by atoms with Gasteiger partial charge < -0.3 is 24.7 Å². The lowest BCUT2D eigenvalue weighted by atomic mass is 9.77. The van der Waals surface area contributed by atoms with E-state index in [9.17, 15) is 14.4 Å². The Hall–Kier alpha value is -2.65. The fraction of sp³-hybridized carbons (Fsp3) is 0.500. The number of Topliss-reactive ketones (excluding diaryl/α,β-unsaturated/α-hetero) is 1. The van der Waals surface area contributed by atoms with Gasteiger partial charge in [0, 0.05) is 6.54 Å². The van der Waals surface area contributed by atoms with E-state index in [4.69, 9.17) is 14.0 Å². The van der Waals surface area contributed by atoms with Crippen molar-refractivity contribution in [2.45, 2.75) is 65.3 Å². The quantitative estimate of drug-likeness (QED) is 0.563. The summed E-state index contributed by atoms with van der Waals surface area (Å²) in [7, 11) is -0.705. The first kappa shape index (κ1) is 23.0. The number of amides is 2. The van der Waals surface area contributed by atoms with Crippen LogP contribution in [0.15, 0.2) is 23.7 Å². The van der Waals surface area contributed by atoms with Gasteiger partial charge in [0.15, 0.2) is 0 Å². The number of ketones is 1. The van der Waals surface area contributed by atoms with Crippen molar-refractivity contribution in [1.29, 1.82) is 0 Å². The van der Waals surface area contributed by atoms with Gasteiger partial charge in [-0.25, -0.2) is 4.79 Å². The van der Waals surface area contributed by atoms with E-state index in [1.807, 2.05) is 27.7 Å². The summed E-state index contributed by atoms with van der Waals surface area (Å²) in [5.74, 6) is -1.22. The highest BCUT2D eigenvalue weighted by Crippen LogP contribution is 2.39. The summed E-state index contributed by atoms with van der Waals surface area (Å²) in [4.78, 5) is 35.9. The Morgan fingerprint density at radius 1 is 1.16 bits per heavy atom. The lowest BCUT2D eigenvalue weighted by Gasteiger charge is -2.32. The largest absolute Gasteiger partial charge is 0.492 e. The molecule has 0 unspecified atom stereocenters. The van der Waals surface area contributed by atoms with Gasteiger partial charge in [-0.15, -0.1) is 0 Å². The zero-order chi connectivity index (χ0) is 23.2. The smallest absolute Gasteiger partial charge is 0.444 e. The van der Waals surface area contributed by atoms with Gasteiger partial charge in [-0.1, -0.05) is 12.1 Å². The Morgan fingerprint density at radius 3 is 2.35 bits per heavy atom. The lowest BCUT2D eigenvalue weighted by Crippen LogP contribution is -2.41. The maximum atomic E-state index is 12.2. The van der Waals surface area contributed by atoms with Crippen LogP contribution in [0, 0.1) is 0 Å². The van der Waals surface area contributed by atoms with Crippen LogP contribution in [0.1, 0.15) is 64.4 Å². The van der Waals surface area contributed by atoms with E-state index in [1.54, 1.807) is 45.0 Å². The molecular formula is C22H29BN2O6. The van der Waals surface area contributed by atoms with E-state index >= 15 is 0 Å². The van der Waals surface area contributed by atoms with Gasteiger partial charge in [0.05, 0.1) is 22.5 Å². The summed E-state index contributed by atoms with van der Waals surface area (Å²) in [6.45, 7) is 13.2. The van der Waals surface area contributed by atoms with Crippen molar-refractivity contribution >= 4 is 36.7 Å². The summed E-state index contributed by atoms with van der Waals surface area (Å²) in [5, 5.41) is 5.27. The Kier molecular flexibility index (Phi) is 5.79. The fourth-order valence-corrected chi connectivity index (χ4v) is 3.15. The maximum Gasteiger partial charge on any atom is 0.492 e. The van der Waals surface area contributed by atoms with Crippen molar-refractivity contribution in [3.8, 4) is 0 Å². The third-order valence-electron chi connectivity index (χ3n) is 5.49. The van der Waals surface area contributed by atoms with Crippen LogP contribution < -0.4 is 10.6 Å². The molecule has 1 aromatic rings. The number of fused-ring (bicyclic) bond motifs is 1. The minimum atomic E-state index is -0.705. The third-order valence-corrected chi connectivity index (χ3v) is 5.49. The van der Waals surface area contributed by atoms with Gasteiger partial charge in [0.25, 0.3) is 11.7 Å². The fourth-order valence-electron chi connectivity index (χ4n) is 3.15. The van der Waals surface area contributed by atoms with Gasteiger partial charge in [-0.05, 0) is 71.6 Å². The molecule has 1 saturated heterocycles. The van der Waals surface area contributed by atoms with Crippen LogP contribution in [0.2, 0.25) is 0 Å². The van der Waals surface area contributed by atoms with Gasteiger partial charge in [-0.3, -0.25) is 9.59 Å². The second kappa shape index (κ2) is 7.80. The molecule has 0 saturated carbocycles. The van der Waals surface area contributed by atoms with E-state index in [0.717, 1.165) is 0 Å². The van der Waals surface area contributed by atoms with E-state index in [2.05, 4.69) is 10.6 Å². The Labute approximate surface area is 182 Å². The first-order chi connectivity index (χ1) is 14.2. The summed E-state index contributed by atoms with van der Waals surface area (Å²) in [6, 6.07) is 5.08. The lowest BCUT2D eigenvalue weighted by molar-refractivity contribution is -0.112. The molecule has 2 N–H and O–H groups in total. The van der Waals surface area contributed by atoms with Crippen LogP contribution in [0.4, 0.5) is 10.5 Å². The van der Waals surface area contributed by atoms with Gasteiger partial charge in [-0.2, -0.15) is 0 Å². The van der Waals surface area contributed by atoms with Crippen LogP contribution in [0.5, 0.6) is 0 Å². The second-order valence-electron chi connectivity index (χ2n) is 9.75. The molecule has 8 nitrogen and oxygen atoms in total. The molecule has 0 spiro atoms. The van der Waals surface area contributed by atoms with Crippen LogP contribution in [-0.2, 0) is 18.8 Å². The van der Waals surface area contributed by atoms with Crippen molar-refractivity contribution in [2.24, 2.45) is 0 Å². The van der Waals surface area contributed by atoms with E-state index in [-0.39, 0.29) is 6.54 Å². The van der Waals surface area contributed by atoms with E-state index in [1.165, 1.54) is 0 Å². The standard InChI is InChI=1S/C22H29BN2O6/c1-20(2,3)29-19(28)24-12-14(23-30-21(4,5)22(6,7)31-23)10-13-8-9-16-15(11-13)17(26)18(27)25-16/h8-11H,12H2,1-7H3,(H,24,28)(H,25,26,27). The number of anilines is 1. The van der Waals surface area contributed by atoms with Crippen LogP contribution >= 0.6 is 0 Å². The number of carbonyl (C=O) groups is 3. The summed E-state index contributed by atoms with van der Waals surface area (Å²) in [5.41, 5.74) is 0.370. The zero-order valence-corrected chi connectivity index (χ0v) is 19.0. The minimum Gasteiger partial charge on any atom is -0.444 e. The number of carbonyl (C=O) groups excluding carboxylic acids is 3. The number of ether oxygens (including phenoxy) is 1. The number of hydrogen-bond acceptors (Lipinski definition) is 6. The molecule has 9 heteroatoms. The monoisotopic (exact) mass is 428 g/mol. The average molecular weight is 428 g/mol. The van der Waals surface area contributed by atoms with Gasteiger partial charge >= 0.3 is 13.2 Å². The Morgan fingerprint density at radius 2 is 1.77 bits per heavy atom. The number of rotatable bonds is 4. The maximum absolute atomic E-state index is 12.2. The molecule has 0 aromatic heterocycles. The van der Waals surface area contributed by atoms with E-state index in [0.29, 0.717) is 22.3 Å². The minimum absolute atomic E-state index is 0.119. The molecule has 0 atom stereocenters. The van der Waals surface area contributed by atoms with Crippen molar-refractivity contribution in [2.75, 3.05) is 11.9 Å².